The molecule has 0 amide bonds. The zero-order valence-electron chi connectivity index (χ0n) is 10.6. The van der Waals surface area contributed by atoms with Crippen LogP contribution in [0.15, 0.2) is 11.6 Å². The molecule has 0 spiro atoms. The van der Waals surface area contributed by atoms with Crippen LogP contribution in [0.5, 0.6) is 0 Å². The highest BCUT2D eigenvalue weighted by atomic mass is 35.5. The van der Waals surface area contributed by atoms with Gasteiger partial charge in [0.2, 0.25) is 0 Å². The van der Waals surface area contributed by atoms with Crippen molar-refractivity contribution in [1.29, 1.82) is 0 Å². The zero-order valence-corrected chi connectivity index (χ0v) is 12.2. The third-order valence-corrected chi connectivity index (χ3v) is 4.81. The number of fused-ring (bicyclic) bond motifs is 1. The van der Waals surface area contributed by atoms with Gasteiger partial charge in [0.15, 0.2) is 10.1 Å². The van der Waals surface area contributed by atoms with Crippen molar-refractivity contribution in [3.63, 3.8) is 0 Å². The van der Waals surface area contributed by atoms with Crippen LogP contribution in [0.4, 0.5) is 0 Å². The molecule has 2 aromatic heterocycles. The molecule has 3 nitrogen and oxygen atoms in total. The van der Waals surface area contributed by atoms with E-state index in [0.29, 0.717) is 5.15 Å². The Morgan fingerprint density at radius 2 is 2.44 bits per heavy atom. The van der Waals surface area contributed by atoms with Crippen molar-refractivity contribution >= 4 is 27.9 Å². The van der Waals surface area contributed by atoms with Crippen LogP contribution in [0.25, 0.3) is 4.96 Å². The molecule has 0 bridgehead atoms. The maximum absolute atomic E-state index is 6.23. The smallest absolute Gasteiger partial charge is 0.195 e. The van der Waals surface area contributed by atoms with Gasteiger partial charge in [-0.1, -0.05) is 24.9 Å². The SMILES string of the molecule is CCCC1CCN(Cc2c(Cl)nc3sccn23)C1. The minimum atomic E-state index is 0.667. The Bertz CT molecular complexity index is 533. The molecule has 0 saturated carbocycles. The average molecular weight is 284 g/mol. The summed E-state index contributed by atoms with van der Waals surface area (Å²) in [4.78, 5) is 7.90. The largest absolute Gasteiger partial charge is 0.297 e. The Balaban J connectivity index is 1.73. The molecule has 98 valence electrons. The molecule has 1 aliphatic rings. The van der Waals surface area contributed by atoms with Crippen LogP contribution in [-0.2, 0) is 6.54 Å². The Morgan fingerprint density at radius 1 is 1.56 bits per heavy atom. The van der Waals surface area contributed by atoms with Crippen molar-refractivity contribution < 1.29 is 0 Å². The predicted molar refractivity (Wildman–Crippen MR) is 76.4 cm³/mol. The molecule has 1 atom stereocenters. The van der Waals surface area contributed by atoms with Crippen molar-refractivity contribution in [1.82, 2.24) is 14.3 Å². The summed E-state index contributed by atoms with van der Waals surface area (Å²) in [7, 11) is 0. The monoisotopic (exact) mass is 283 g/mol. The van der Waals surface area contributed by atoms with E-state index >= 15 is 0 Å². The summed E-state index contributed by atoms with van der Waals surface area (Å²) in [6, 6.07) is 0. The van der Waals surface area contributed by atoms with E-state index in [1.807, 2.05) is 0 Å². The molecule has 2 aromatic rings. The second kappa shape index (κ2) is 5.19. The van der Waals surface area contributed by atoms with Gasteiger partial charge in [-0.25, -0.2) is 4.98 Å². The fourth-order valence-corrected chi connectivity index (χ4v) is 3.87. The Hall–Kier alpha value is -0.580. The molecule has 0 aliphatic carbocycles. The molecular weight excluding hydrogens is 266 g/mol. The summed E-state index contributed by atoms with van der Waals surface area (Å²) < 4.78 is 2.13. The molecular formula is C13H18ClN3S. The minimum Gasteiger partial charge on any atom is -0.297 e. The molecule has 0 aromatic carbocycles. The fraction of sp³-hybridized carbons (Fsp3) is 0.615. The third kappa shape index (κ3) is 2.29. The van der Waals surface area contributed by atoms with E-state index < -0.39 is 0 Å². The standard InChI is InChI=1S/C13H18ClN3S/c1-2-3-10-4-5-16(8-10)9-11-12(14)15-13-17(11)6-7-18-13/h6-7,10H,2-5,8-9H2,1H3. The maximum Gasteiger partial charge on any atom is 0.195 e. The lowest BCUT2D eigenvalue weighted by Crippen LogP contribution is -2.21. The summed E-state index contributed by atoms with van der Waals surface area (Å²) >= 11 is 7.87. The molecule has 0 N–H and O–H groups in total. The Labute approximate surface area is 116 Å². The number of nitrogens with zero attached hydrogens (tertiary/aromatic N) is 3. The summed E-state index contributed by atoms with van der Waals surface area (Å²) in [5.74, 6) is 0.875. The fourth-order valence-electron chi connectivity index (χ4n) is 2.86. The summed E-state index contributed by atoms with van der Waals surface area (Å²) in [5.41, 5.74) is 1.14. The summed E-state index contributed by atoms with van der Waals surface area (Å²) in [5, 5.41) is 2.73. The van der Waals surface area contributed by atoms with E-state index in [9.17, 15) is 0 Å². The predicted octanol–water partition coefficient (Wildman–Crippen LogP) is 3.67. The van der Waals surface area contributed by atoms with Crippen molar-refractivity contribution in [3.05, 3.63) is 22.4 Å². The van der Waals surface area contributed by atoms with Crippen LogP contribution in [0.3, 0.4) is 0 Å². The van der Waals surface area contributed by atoms with Gasteiger partial charge in [-0.15, -0.1) is 11.3 Å². The molecule has 1 unspecified atom stereocenters. The third-order valence-electron chi connectivity index (χ3n) is 3.75. The number of imidazole rings is 1. The highest BCUT2D eigenvalue weighted by molar-refractivity contribution is 7.15. The maximum atomic E-state index is 6.23. The van der Waals surface area contributed by atoms with E-state index in [0.717, 1.165) is 23.1 Å². The molecule has 1 aliphatic heterocycles. The van der Waals surface area contributed by atoms with Gasteiger partial charge in [0, 0.05) is 24.7 Å². The van der Waals surface area contributed by atoms with E-state index in [1.165, 1.54) is 32.4 Å². The lowest BCUT2D eigenvalue weighted by atomic mass is 10.0. The molecule has 3 rings (SSSR count). The van der Waals surface area contributed by atoms with Gasteiger partial charge in [-0.3, -0.25) is 9.30 Å². The van der Waals surface area contributed by atoms with Gasteiger partial charge in [-0.05, 0) is 25.3 Å². The second-order valence-corrected chi connectivity index (χ2v) is 6.31. The number of halogens is 1. The van der Waals surface area contributed by atoms with Gasteiger partial charge < -0.3 is 0 Å². The van der Waals surface area contributed by atoms with Gasteiger partial charge >= 0.3 is 0 Å². The average Bonchev–Trinajstić information content (AvgIpc) is 3.00. The zero-order chi connectivity index (χ0) is 12.5. The number of likely N-dealkylation sites (tertiary alicyclic amines) is 1. The highest BCUT2D eigenvalue weighted by Gasteiger charge is 2.23. The van der Waals surface area contributed by atoms with Crippen molar-refractivity contribution in [2.75, 3.05) is 13.1 Å². The first kappa shape index (κ1) is 12.5. The van der Waals surface area contributed by atoms with Gasteiger partial charge in [0.05, 0.1) is 5.69 Å². The number of thiazole rings is 1. The molecule has 1 saturated heterocycles. The normalized spacial score (nSPS) is 21.1. The quantitative estimate of drug-likeness (QED) is 0.853. The van der Waals surface area contributed by atoms with Crippen LogP contribution in [0.1, 0.15) is 31.9 Å². The van der Waals surface area contributed by atoms with Gasteiger partial charge in [0.25, 0.3) is 0 Å². The van der Waals surface area contributed by atoms with Gasteiger partial charge in [0.1, 0.15) is 0 Å². The molecule has 0 radical (unpaired) electrons. The van der Waals surface area contributed by atoms with E-state index in [-0.39, 0.29) is 0 Å². The van der Waals surface area contributed by atoms with Crippen LogP contribution in [0.2, 0.25) is 5.15 Å². The summed E-state index contributed by atoms with van der Waals surface area (Å²) in [6.07, 6.45) is 6.04. The first-order chi connectivity index (χ1) is 8.78. The van der Waals surface area contributed by atoms with Crippen LogP contribution < -0.4 is 0 Å². The molecule has 3 heterocycles. The topological polar surface area (TPSA) is 20.5 Å². The van der Waals surface area contributed by atoms with Crippen molar-refractivity contribution in [2.45, 2.75) is 32.7 Å². The van der Waals surface area contributed by atoms with Crippen molar-refractivity contribution in [3.8, 4) is 0 Å². The Morgan fingerprint density at radius 3 is 3.28 bits per heavy atom. The molecule has 5 heteroatoms. The van der Waals surface area contributed by atoms with E-state index in [1.54, 1.807) is 11.3 Å². The Kier molecular flexibility index (Phi) is 3.59. The second-order valence-electron chi connectivity index (χ2n) is 5.08. The lowest BCUT2D eigenvalue weighted by Gasteiger charge is -2.15. The highest BCUT2D eigenvalue weighted by Crippen LogP contribution is 2.26. The lowest BCUT2D eigenvalue weighted by molar-refractivity contribution is 0.308. The molecule has 1 fully saturated rings. The summed E-state index contributed by atoms with van der Waals surface area (Å²) in [6.45, 7) is 5.60. The molecule has 18 heavy (non-hydrogen) atoms. The first-order valence-electron chi connectivity index (χ1n) is 6.60. The van der Waals surface area contributed by atoms with Gasteiger partial charge in [-0.2, -0.15) is 0 Å². The van der Waals surface area contributed by atoms with E-state index in [2.05, 4.69) is 32.8 Å². The number of aromatic nitrogens is 2. The minimum absolute atomic E-state index is 0.667. The first-order valence-corrected chi connectivity index (χ1v) is 7.86. The van der Waals surface area contributed by atoms with Crippen LogP contribution >= 0.6 is 22.9 Å². The van der Waals surface area contributed by atoms with Crippen LogP contribution in [-0.4, -0.2) is 27.4 Å². The number of rotatable bonds is 4. The number of hydrogen-bond acceptors (Lipinski definition) is 3. The van der Waals surface area contributed by atoms with Crippen molar-refractivity contribution in [2.24, 2.45) is 5.92 Å². The van der Waals surface area contributed by atoms with Crippen LogP contribution in [0, 0.1) is 5.92 Å². The number of hydrogen-bond donors (Lipinski definition) is 0. The van der Waals surface area contributed by atoms with E-state index in [4.69, 9.17) is 11.6 Å².